The van der Waals surface area contributed by atoms with Crippen LogP contribution in [-0.4, -0.2) is 18.0 Å². The molecule has 0 amide bonds. The van der Waals surface area contributed by atoms with Crippen LogP contribution in [0.2, 0.25) is 0 Å². The molecule has 0 spiro atoms. The van der Waals surface area contributed by atoms with Gasteiger partial charge in [-0.05, 0) is 38.5 Å². The van der Waals surface area contributed by atoms with Gasteiger partial charge >= 0.3 is 0 Å². The fourth-order valence-corrected chi connectivity index (χ4v) is 3.57. The second kappa shape index (κ2) is 14.2. The molecule has 0 heterocycles. The second-order valence-corrected chi connectivity index (χ2v) is 7.11. The summed E-state index contributed by atoms with van der Waals surface area (Å²) < 4.78 is 0. The molecule has 0 aromatic rings. The van der Waals surface area contributed by atoms with Gasteiger partial charge in [0.25, 0.3) is 0 Å². The van der Waals surface area contributed by atoms with E-state index in [2.05, 4.69) is 24.8 Å². The van der Waals surface area contributed by atoms with Gasteiger partial charge in [-0.2, -0.15) is 0 Å². The Morgan fingerprint density at radius 1 is 0.727 bits per heavy atom. The van der Waals surface area contributed by atoms with Crippen molar-refractivity contribution in [2.24, 2.45) is 0 Å². The molecule has 0 saturated carbocycles. The molecule has 0 aromatic carbocycles. The molecular weight excluding hydrogens is 266 g/mol. The van der Waals surface area contributed by atoms with Crippen LogP contribution in [0.4, 0.5) is 0 Å². The third-order valence-electron chi connectivity index (χ3n) is 4.95. The first-order valence-electron chi connectivity index (χ1n) is 10.3. The Morgan fingerprint density at radius 2 is 1.41 bits per heavy atom. The van der Waals surface area contributed by atoms with Crippen molar-refractivity contribution in [2.75, 3.05) is 13.1 Å². The number of hydrogen-bond acceptors (Lipinski definition) is 1. The fraction of sp³-hybridized carbons (Fsp3) is 0.905. The molecule has 0 aliphatic heterocycles. The number of hydrogen-bond donors (Lipinski definition) is 0. The molecule has 0 saturated heterocycles. The van der Waals surface area contributed by atoms with Crippen molar-refractivity contribution in [1.82, 2.24) is 4.90 Å². The molecule has 1 rings (SSSR count). The van der Waals surface area contributed by atoms with Gasteiger partial charge in [0.2, 0.25) is 0 Å². The smallest absolute Gasteiger partial charge is 0.0174 e. The minimum atomic E-state index is 1.26. The topological polar surface area (TPSA) is 3.24 Å². The van der Waals surface area contributed by atoms with E-state index in [1.807, 2.05) is 0 Å². The number of rotatable bonds is 9. The lowest BCUT2D eigenvalue weighted by molar-refractivity contribution is 0.318. The van der Waals surface area contributed by atoms with E-state index < -0.39 is 0 Å². The molecule has 0 N–H and O–H groups in total. The normalized spacial score (nSPS) is 20.0. The van der Waals surface area contributed by atoms with Crippen molar-refractivity contribution in [3.63, 3.8) is 0 Å². The molecule has 1 heteroatoms. The summed E-state index contributed by atoms with van der Waals surface area (Å²) in [7, 11) is 0. The summed E-state index contributed by atoms with van der Waals surface area (Å²) in [6, 6.07) is 0. The van der Waals surface area contributed by atoms with E-state index in [4.69, 9.17) is 0 Å². The number of unbranched alkanes of at least 4 members (excludes halogenated alkanes) is 4. The molecule has 0 bridgehead atoms. The predicted octanol–water partition coefficient (Wildman–Crippen LogP) is 7.08. The summed E-state index contributed by atoms with van der Waals surface area (Å²) in [4.78, 5) is 2.73. The Kier molecular flexibility index (Phi) is 12.6. The van der Waals surface area contributed by atoms with Gasteiger partial charge in [0.05, 0.1) is 0 Å². The van der Waals surface area contributed by atoms with Crippen molar-refractivity contribution < 1.29 is 0 Å². The highest BCUT2D eigenvalue weighted by molar-refractivity contribution is 5.01. The Labute approximate surface area is 140 Å². The maximum atomic E-state index is 2.73. The molecule has 0 unspecified atom stereocenters. The lowest BCUT2D eigenvalue weighted by Gasteiger charge is -2.28. The maximum absolute atomic E-state index is 2.73. The summed E-state index contributed by atoms with van der Waals surface area (Å²) >= 11 is 0. The van der Waals surface area contributed by atoms with Crippen LogP contribution in [0.15, 0.2) is 11.8 Å². The Bertz CT molecular complexity index is 269. The molecular formula is C21H41N. The largest absolute Gasteiger partial charge is 0.375 e. The van der Waals surface area contributed by atoms with E-state index in [0.717, 1.165) is 0 Å². The highest BCUT2D eigenvalue weighted by Gasteiger charge is 2.09. The fourth-order valence-electron chi connectivity index (χ4n) is 3.57. The molecule has 1 aliphatic carbocycles. The average molecular weight is 308 g/mol. The van der Waals surface area contributed by atoms with Crippen LogP contribution in [0, 0.1) is 0 Å². The van der Waals surface area contributed by atoms with Gasteiger partial charge in [0.1, 0.15) is 0 Å². The summed E-state index contributed by atoms with van der Waals surface area (Å²) in [5.41, 5.74) is 1.68. The van der Waals surface area contributed by atoms with Crippen LogP contribution in [0.3, 0.4) is 0 Å². The van der Waals surface area contributed by atoms with Crippen molar-refractivity contribution in [3.05, 3.63) is 11.8 Å². The number of allylic oxidation sites excluding steroid dienone is 2. The standard InChI is InChI=1S/C21H41N/c1-3-5-6-13-16-20-22(19-4-2)21-17-14-11-9-7-8-10-12-15-18-21/h17H,3-16,18-20H2,1-2H3/b21-17+. The third kappa shape index (κ3) is 9.54. The Morgan fingerprint density at radius 3 is 2.14 bits per heavy atom. The molecule has 0 aromatic heterocycles. The molecule has 1 nitrogen and oxygen atoms in total. The van der Waals surface area contributed by atoms with Crippen molar-refractivity contribution in [1.29, 1.82) is 0 Å². The average Bonchev–Trinajstić information content (AvgIpc) is 2.59. The summed E-state index contributed by atoms with van der Waals surface area (Å²) in [6.45, 7) is 7.19. The van der Waals surface area contributed by atoms with Crippen molar-refractivity contribution >= 4 is 0 Å². The first kappa shape index (κ1) is 19.6. The first-order valence-corrected chi connectivity index (χ1v) is 10.3. The van der Waals surface area contributed by atoms with Crippen LogP contribution in [0.1, 0.15) is 110 Å². The second-order valence-electron chi connectivity index (χ2n) is 7.11. The van der Waals surface area contributed by atoms with E-state index in [9.17, 15) is 0 Å². The SMILES string of the molecule is CCCCCCCN(CCC)/C1=C/CCCCCCCCC1. The van der Waals surface area contributed by atoms with E-state index in [1.54, 1.807) is 5.70 Å². The Balaban J connectivity index is 2.46. The van der Waals surface area contributed by atoms with Gasteiger partial charge in [-0.1, -0.05) is 77.7 Å². The van der Waals surface area contributed by atoms with E-state index in [-0.39, 0.29) is 0 Å². The highest BCUT2D eigenvalue weighted by atomic mass is 15.1. The monoisotopic (exact) mass is 307 g/mol. The molecule has 0 atom stereocenters. The zero-order valence-electron chi connectivity index (χ0n) is 15.5. The molecule has 130 valence electrons. The van der Waals surface area contributed by atoms with Crippen molar-refractivity contribution in [3.8, 4) is 0 Å². The quantitative estimate of drug-likeness (QED) is 0.411. The van der Waals surface area contributed by atoms with Gasteiger partial charge in [-0.3, -0.25) is 0 Å². The van der Waals surface area contributed by atoms with Gasteiger partial charge in [-0.25, -0.2) is 0 Å². The maximum Gasteiger partial charge on any atom is 0.0174 e. The molecule has 0 radical (unpaired) electrons. The Hall–Kier alpha value is -0.460. The minimum Gasteiger partial charge on any atom is -0.375 e. The van der Waals surface area contributed by atoms with Gasteiger partial charge in [-0.15, -0.1) is 0 Å². The highest BCUT2D eigenvalue weighted by Crippen LogP contribution is 2.20. The minimum absolute atomic E-state index is 1.26. The predicted molar refractivity (Wildman–Crippen MR) is 100 cm³/mol. The zero-order chi connectivity index (χ0) is 15.9. The molecule has 1 aliphatic rings. The van der Waals surface area contributed by atoms with Crippen LogP contribution >= 0.6 is 0 Å². The van der Waals surface area contributed by atoms with E-state index in [0.29, 0.717) is 0 Å². The van der Waals surface area contributed by atoms with Crippen LogP contribution < -0.4 is 0 Å². The van der Waals surface area contributed by atoms with E-state index >= 15 is 0 Å². The van der Waals surface area contributed by atoms with Crippen molar-refractivity contribution in [2.45, 2.75) is 110 Å². The van der Waals surface area contributed by atoms with Crippen LogP contribution in [0.5, 0.6) is 0 Å². The van der Waals surface area contributed by atoms with Gasteiger partial charge < -0.3 is 4.90 Å². The summed E-state index contributed by atoms with van der Waals surface area (Å²) in [5, 5.41) is 0. The van der Waals surface area contributed by atoms with E-state index in [1.165, 1.54) is 109 Å². The molecule has 0 fully saturated rings. The first-order chi connectivity index (χ1) is 10.9. The molecule has 22 heavy (non-hydrogen) atoms. The van der Waals surface area contributed by atoms with Gasteiger partial charge in [0.15, 0.2) is 0 Å². The summed E-state index contributed by atoms with van der Waals surface area (Å²) in [6.07, 6.45) is 23.6. The summed E-state index contributed by atoms with van der Waals surface area (Å²) in [5.74, 6) is 0. The van der Waals surface area contributed by atoms with Crippen LogP contribution in [0.25, 0.3) is 0 Å². The van der Waals surface area contributed by atoms with Gasteiger partial charge in [0, 0.05) is 18.8 Å². The number of nitrogens with zero attached hydrogens (tertiary/aromatic N) is 1. The lowest BCUT2D eigenvalue weighted by atomic mass is 10.1. The third-order valence-corrected chi connectivity index (χ3v) is 4.95. The lowest BCUT2D eigenvalue weighted by Crippen LogP contribution is -2.25. The zero-order valence-corrected chi connectivity index (χ0v) is 15.5. The van der Waals surface area contributed by atoms with Crippen LogP contribution in [-0.2, 0) is 0 Å².